The largest absolute Gasteiger partial charge is 0.300 e. The lowest BCUT2D eigenvalue weighted by atomic mass is 10.1. The summed E-state index contributed by atoms with van der Waals surface area (Å²) in [6.45, 7) is 0. The van der Waals surface area contributed by atoms with Crippen LogP contribution in [0.15, 0.2) is 120 Å². The highest BCUT2D eigenvalue weighted by Gasteiger charge is 2.18. The summed E-state index contributed by atoms with van der Waals surface area (Å²) in [5.74, 6) is 0.571. The third kappa shape index (κ3) is 2.94. The number of fused-ring (bicyclic) bond motifs is 7. The molecule has 0 N–H and O–H groups in total. The van der Waals surface area contributed by atoms with Crippen LogP contribution in [0, 0.1) is 0 Å². The second kappa shape index (κ2) is 7.82. The molecule has 0 aliphatic rings. The van der Waals surface area contributed by atoms with Crippen LogP contribution < -0.4 is 5.56 Å². The van der Waals surface area contributed by atoms with E-state index in [4.69, 9.17) is 9.97 Å². The second-order valence-electron chi connectivity index (χ2n) is 9.34. The molecule has 0 fully saturated rings. The zero-order valence-corrected chi connectivity index (χ0v) is 20.1. The highest BCUT2D eigenvalue weighted by atomic mass is 16.1. The van der Waals surface area contributed by atoms with Crippen LogP contribution in [0.5, 0.6) is 0 Å². The van der Waals surface area contributed by atoms with Crippen molar-refractivity contribution in [2.24, 2.45) is 0 Å². The Morgan fingerprint density at radius 1 is 0.553 bits per heavy atom. The van der Waals surface area contributed by atoms with E-state index < -0.39 is 0 Å². The molecule has 4 heterocycles. The smallest absolute Gasteiger partial charge is 0.281 e. The molecule has 0 unspecified atom stereocenters. The van der Waals surface area contributed by atoms with Crippen molar-refractivity contribution in [3.05, 3.63) is 126 Å². The third-order valence-electron chi connectivity index (χ3n) is 7.17. The maximum atomic E-state index is 12.8. The summed E-state index contributed by atoms with van der Waals surface area (Å²) in [6.07, 6.45) is 2.07. The van der Waals surface area contributed by atoms with Crippen molar-refractivity contribution in [2.45, 2.75) is 0 Å². The predicted octanol–water partition coefficient (Wildman–Crippen LogP) is 6.56. The van der Waals surface area contributed by atoms with Gasteiger partial charge < -0.3 is 4.40 Å². The van der Waals surface area contributed by atoms with Gasteiger partial charge in [0, 0.05) is 34.0 Å². The van der Waals surface area contributed by atoms with Gasteiger partial charge in [-0.1, -0.05) is 78.9 Å². The Labute approximate surface area is 216 Å². The molecule has 0 saturated carbocycles. The van der Waals surface area contributed by atoms with Gasteiger partial charge in [0.1, 0.15) is 5.65 Å². The summed E-state index contributed by atoms with van der Waals surface area (Å²) in [5.41, 5.74) is 5.81. The van der Waals surface area contributed by atoms with E-state index in [0.717, 1.165) is 49.5 Å². The maximum absolute atomic E-state index is 12.8. The molecule has 0 amide bonds. The first-order valence-electron chi connectivity index (χ1n) is 12.4. The molecule has 38 heavy (non-hydrogen) atoms. The zero-order chi connectivity index (χ0) is 25.2. The predicted molar refractivity (Wildman–Crippen MR) is 152 cm³/mol. The van der Waals surface area contributed by atoms with Gasteiger partial charge in [0.2, 0.25) is 5.95 Å². The molecule has 8 aromatic rings. The first kappa shape index (κ1) is 20.8. The minimum absolute atomic E-state index is 0.240. The summed E-state index contributed by atoms with van der Waals surface area (Å²) in [6, 6.07) is 36.0. The van der Waals surface area contributed by atoms with E-state index in [1.807, 2.05) is 83.3 Å². The lowest BCUT2D eigenvalue weighted by molar-refractivity contribution is 1.01. The van der Waals surface area contributed by atoms with Crippen molar-refractivity contribution < 1.29 is 0 Å². The molecule has 6 nitrogen and oxygen atoms in total. The number of benzene rings is 4. The monoisotopic (exact) mass is 489 g/mol. The topological polar surface area (TPSA) is 65.1 Å². The fraction of sp³-hybridized carbons (Fsp3) is 0. The quantitative estimate of drug-likeness (QED) is 0.258. The fourth-order valence-corrected chi connectivity index (χ4v) is 5.45. The van der Waals surface area contributed by atoms with Crippen LogP contribution in [0.1, 0.15) is 0 Å². The van der Waals surface area contributed by atoms with E-state index in [1.54, 1.807) is 0 Å². The number of hydrogen-bond donors (Lipinski definition) is 0. The number of hydrogen-bond acceptors (Lipinski definition) is 4. The van der Waals surface area contributed by atoms with Gasteiger partial charge in [-0.15, -0.1) is 0 Å². The van der Waals surface area contributed by atoms with Crippen LogP contribution in [0.3, 0.4) is 0 Å². The van der Waals surface area contributed by atoms with Gasteiger partial charge in [-0.25, -0.2) is 9.97 Å². The molecule has 4 aromatic carbocycles. The van der Waals surface area contributed by atoms with Crippen LogP contribution in [0.25, 0.3) is 66.5 Å². The van der Waals surface area contributed by atoms with Crippen LogP contribution in [-0.4, -0.2) is 23.9 Å². The van der Waals surface area contributed by atoms with E-state index >= 15 is 0 Å². The van der Waals surface area contributed by atoms with Crippen molar-refractivity contribution in [3.63, 3.8) is 0 Å². The Hall–Kier alpha value is -5.36. The van der Waals surface area contributed by atoms with Gasteiger partial charge >= 0.3 is 0 Å². The molecule has 0 atom stereocenters. The molecule has 4 aromatic heterocycles. The Morgan fingerprint density at radius 2 is 1.24 bits per heavy atom. The van der Waals surface area contributed by atoms with E-state index in [1.165, 1.54) is 0 Å². The van der Waals surface area contributed by atoms with Crippen LogP contribution >= 0.6 is 0 Å². The normalized spacial score (nSPS) is 11.8. The Balaban J connectivity index is 1.53. The highest BCUT2D eigenvalue weighted by molar-refractivity contribution is 6.10. The molecular weight excluding hydrogens is 470 g/mol. The Kier molecular flexibility index (Phi) is 4.28. The Morgan fingerprint density at radius 3 is 2.08 bits per heavy atom. The number of rotatable bonds is 2. The fourth-order valence-electron chi connectivity index (χ4n) is 5.45. The molecule has 8 rings (SSSR count). The van der Waals surface area contributed by atoms with Gasteiger partial charge in [-0.3, -0.25) is 9.36 Å². The third-order valence-corrected chi connectivity index (χ3v) is 7.17. The van der Waals surface area contributed by atoms with Crippen molar-refractivity contribution >= 4 is 49.3 Å². The van der Waals surface area contributed by atoms with Gasteiger partial charge in [0.25, 0.3) is 5.56 Å². The molecule has 0 aliphatic heterocycles. The molecule has 0 radical (unpaired) electrons. The van der Waals surface area contributed by atoms with Crippen molar-refractivity contribution in [3.8, 4) is 17.2 Å². The van der Waals surface area contributed by atoms with E-state index in [0.29, 0.717) is 17.0 Å². The van der Waals surface area contributed by atoms with Crippen molar-refractivity contribution in [2.75, 3.05) is 0 Å². The summed E-state index contributed by atoms with van der Waals surface area (Å²) in [4.78, 5) is 27.4. The lowest BCUT2D eigenvalue weighted by Crippen LogP contribution is -2.10. The molecule has 0 saturated heterocycles. The molecular formula is C32H19N5O. The molecule has 0 aliphatic carbocycles. The number of pyridine rings is 1. The summed E-state index contributed by atoms with van der Waals surface area (Å²) in [5, 5.41) is 3.69. The number of nitrogens with zero attached hydrogens (tertiary/aromatic N) is 5. The number of aromatic nitrogens is 5. The summed E-state index contributed by atoms with van der Waals surface area (Å²) < 4.78 is 4.07. The van der Waals surface area contributed by atoms with E-state index in [-0.39, 0.29) is 5.56 Å². The van der Waals surface area contributed by atoms with Crippen LogP contribution in [0.4, 0.5) is 0 Å². The molecule has 178 valence electrons. The maximum Gasteiger partial charge on any atom is 0.281 e. The average molecular weight is 490 g/mol. The lowest BCUT2D eigenvalue weighted by Gasteiger charge is -2.12. The molecule has 0 bridgehead atoms. The summed E-state index contributed by atoms with van der Waals surface area (Å²) >= 11 is 0. The number of para-hydroxylation sites is 3. The minimum atomic E-state index is -0.240. The SMILES string of the molecule is O=c1nc2cc3c(cn2c2ccccc12)c1ccccc1n3-c1nc(-c2ccccc2)c2ccccc2n1. The minimum Gasteiger partial charge on any atom is -0.300 e. The van der Waals surface area contributed by atoms with Crippen LogP contribution in [0.2, 0.25) is 0 Å². The first-order valence-corrected chi connectivity index (χ1v) is 12.4. The van der Waals surface area contributed by atoms with Gasteiger partial charge in [0.15, 0.2) is 0 Å². The standard InChI is InChI=1S/C32H19N5O/c38-31-23-14-6-8-16-26(23)36-19-24-21-12-5-9-17-27(21)37(28(24)18-29(36)34-31)32-33-25-15-7-4-13-22(25)30(35-32)20-10-2-1-3-11-20/h1-19H. The van der Waals surface area contributed by atoms with E-state index in [2.05, 4.69) is 46.1 Å². The van der Waals surface area contributed by atoms with Gasteiger partial charge in [-0.05, 0) is 24.3 Å². The first-order chi connectivity index (χ1) is 18.8. The van der Waals surface area contributed by atoms with Crippen molar-refractivity contribution in [1.82, 2.24) is 23.9 Å². The van der Waals surface area contributed by atoms with Gasteiger partial charge in [-0.2, -0.15) is 4.98 Å². The Bertz CT molecular complexity index is 2260. The van der Waals surface area contributed by atoms with E-state index in [9.17, 15) is 4.79 Å². The average Bonchev–Trinajstić information content (AvgIpc) is 3.29. The summed E-state index contributed by atoms with van der Waals surface area (Å²) in [7, 11) is 0. The van der Waals surface area contributed by atoms with Crippen LogP contribution in [-0.2, 0) is 0 Å². The van der Waals surface area contributed by atoms with Gasteiger partial charge in [0.05, 0.1) is 33.1 Å². The zero-order valence-electron chi connectivity index (χ0n) is 20.1. The molecule has 6 heteroatoms. The second-order valence-corrected chi connectivity index (χ2v) is 9.34. The van der Waals surface area contributed by atoms with Crippen molar-refractivity contribution in [1.29, 1.82) is 0 Å². The molecule has 0 spiro atoms. The highest BCUT2D eigenvalue weighted by Crippen LogP contribution is 2.34.